The molecule has 1 aliphatic rings. The van der Waals surface area contributed by atoms with Crippen LogP contribution in [0.25, 0.3) is 11.0 Å². The Labute approximate surface area is 118 Å². The number of hydrogen-bond donors (Lipinski definition) is 1. The predicted molar refractivity (Wildman–Crippen MR) is 78.3 cm³/mol. The lowest BCUT2D eigenvalue weighted by Gasteiger charge is -2.24. The van der Waals surface area contributed by atoms with Gasteiger partial charge in [0, 0.05) is 11.0 Å². The Morgan fingerprint density at radius 1 is 1.35 bits per heavy atom. The molecule has 1 aliphatic carbocycles. The summed E-state index contributed by atoms with van der Waals surface area (Å²) in [5.41, 5.74) is 1.80. The van der Waals surface area contributed by atoms with Crippen LogP contribution in [0.2, 0.25) is 0 Å². The van der Waals surface area contributed by atoms with Crippen LogP contribution in [0.5, 0.6) is 0 Å². The highest BCUT2D eigenvalue weighted by Crippen LogP contribution is 2.47. The largest absolute Gasteiger partial charge is 0.478 e. The van der Waals surface area contributed by atoms with E-state index in [4.69, 9.17) is 4.98 Å². The molecule has 0 radical (unpaired) electrons. The standard InChI is InChI=1S/C16H20N2O2/c1-15(2,3)14-17-11-7-5-6-10(13(19)20)12(11)18(14)16(4)8-9-16/h5-7H,8-9H2,1-4H3,(H,19,20). The number of aromatic nitrogens is 2. The van der Waals surface area contributed by atoms with Gasteiger partial charge in [-0.05, 0) is 31.9 Å². The van der Waals surface area contributed by atoms with E-state index in [-0.39, 0.29) is 11.0 Å². The Balaban J connectivity index is 2.43. The molecular formula is C16H20N2O2. The average molecular weight is 272 g/mol. The minimum Gasteiger partial charge on any atom is -0.478 e. The van der Waals surface area contributed by atoms with Crippen molar-refractivity contribution in [1.29, 1.82) is 0 Å². The van der Waals surface area contributed by atoms with E-state index in [1.807, 2.05) is 6.07 Å². The molecule has 1 N–H and O–H groups in total. The molecule has 1 aromatic carbocycles. The molecule has 0 bridgehead atoms. The number of fused-ring (bicyclic) bond motifs is 1. The highest BCUT2D eigenvalue weighted by molar-refractivity contribution is 6.01. The van der Waals surface area contributed by atoms with Crippen LogP contribution < -0.4 is 0 Å². The third-order valence-electron chi connectivity index (χ3n) is 4.09. The first-order valence-electron chi connectivity index (χ1n) is 7.00. The normalized spacial score (nSPS) is 17.4. The number of carboxylic acids is 1. The van der Waals surface area contributed by atoms with Gasteiger partial charge in [-0.3, -0.25) is 0 Å². The van der Waals surface area contributed by atoms with Crippen molar-refractivity contribution in [3.05, 3.63) is 29.6 Å². The summed E-state index contributed by atoms with van der Waals surface area (Å²) in [6.07, 6.45) is 2.16. The summed E-state index contributed by atoms with van der Waals surface area (Å²) in [5, 5.41) is 9.46. The van der Waals surface area contributed by atoms with Gasteiger partial charge in [0.25, 0.3) is 0 Å². The molecule has 106 valence electrons. The number of aromatic carboxylic acids is 1. The van der Waals surface area contributed by atoms with Gasteiger partial charge in [0.1, 0.15) is 5.82 Å². The molecule has 0 amide bonds. The van der Waals surface area contributed by atoms with E-state index in [1.165, 1.54) is 0 Å². The second kappa shape index (κ2) is 3.84. The zero-order valence-electron chi connectivity index (χ0n) is 12.4. The molecule has 2 aromatic rings. The van der Waals surface area contributed by atoms with Crippen molar-refractivity contribution in [3.63, 3.8) is 0 Å². The number of nitrogens with zero attached hydrogens (tertiary/aromatic N) is 2. The minimum absolute atomic E-state index is 0.0168. The van der Waals surface area contributed by atoms with E-state index in [1.54, 1.807) is 12.1 Å². The second-order valence-corrected chi connectivity index (χ2v) is 7.00. The fourth-order valence-corrected chi connectivity index (χ4v) is 2.73. The maximum Gasteiger partial charge on any atom is 0.337 e. The molecule has 0 unspecified atom stereocenters. The van der Waals surface area contributed by atoms with Gasteiger partial charge in [-0.25, -0.2) is 9.78 Å². The van der Waals surface area contributed by atoms with Crippen molar-refractivity contribution < 1.29 is 9.90 Å². The van der Waals surface area contributed by atoms with E-state index in [0.29, 0.717) is 5.56 Å². The highest BCUT2D eigenvalue weighted by atomic mass is 16.4. The molecule has 0 atom stereocenters. The van der Waals surface area contributed by atoms with Crippen LogP contribution in [0.3, 0.4) is 0 Å². The summed E-state index contributed by atoms with van der Waals surface area (Å²) in [6, 6.07) is 5.34. The average Bonchev–Trinajstić information content (AvgIpc) is 2.94. The molecule has 1 aromatic heterocycles. The third-order valence-corrected chi connectivity index (χ3v) is 4.09. The molecule has 20 heavy (non-hydrogen) atoms. The molecule has 1 heterocycles. The summed E-state index contributed by atoms with van der Waals surface area (Å²) in [7, 11) is 0. The number of hydrogen-bond acceptors (Lipinski definition) is 2. The summed E-state index contributed by atoms with van der Waals surface area (Å²) in [5.74, 6) is 0.0858. The summed E-state index contributed by atoms with van der Waals surface area (Å²) < 4.78 is 2.17. The van der Waals surface area contributed by atoms with Gasteiger partial charge in [0.05, 0.1) is 16.6 Å². The minimum atomic E-state index is -0.888. The lowest BCUT2D eigenvalue weighted by atomic mass is 9.95. The van der Waals surface area contributed by atoms with Crippen LogP contribution in [-0.2, 0) is 11.0 Å². The van der Waals surface area contributed by atoms with Gasteiger partial charge < -0.3 is 9.67 Å². The number of carboxylic acid groups (broad SMARTS) is 1. The van der Waals surface area contributed by atoms with Gasteiger partial charge in [0.15, 0.2) is 0 Å². The second-order valence-electron chi connectivity index (χ2n) is 7.00. The molecule has 0 spiro atoms. The van der Waals surface area contributed by atoms with Crippen LogP contribution in [-0.4, -0.2) is 20.6 Å². The van der Waals surface area contributed by atoms with Gasteiger partial charge >= 0.3 is 5.97 Å². The first-order valence-corrected chi connectivity index (χ1v) is 7.00. The van der Waals surface area contributed by atoms with Crippen molar-refractivity contribution in [2.24, 2.45) is 0 Å². The van der Waals surface area contributed by atoms with E-state index >= 15 is 0 Å². The molecule has 3 rings (SSSR count). The fourth-order valence-electron chi connectivity index (χ4n) is 2.73. The van der Waals surface area contributed by atoms with Gasteiger partial charge in [-0.15, -0.1) is 0 Å². The summed E-state index contributed by atoms with van der Waals surface area (Å²) in [4.78, 5) is 16.3. The number of benzene rings is 1. The van der Waals surface area contributed by atoms with Crippen LogP contribution >= 0.6 is 0 Å². The fraction of sp³-hybridized carbons (Fsp3) is 0.500. The third kappa shape index (κ3) is 1.82. The number of imidazole rings is 1. The Bertz CT molecular complexity index is 703. The van der Waals surface area contributed by atoms with E-state index < -0.39 is 5.97 Å². The Kier molecular flexibility index (Phi) is 2.53. The van der Waals surface area contributed by atoms with Gasteiger partial charge in [-0.2, -0.15) is 0 Å². The van der Waals surface area contributed by atoms with Crippen molar-refractivity contribution in [1.82, 2.24) is 9.55 Å². The monoisotopic (exact) mass is 272 g/mol. The molecule has 0 aliphatic heterocycles. The quantitative estimate of drug-likeness (QED) is 0.909. The highest BCUT2D eigenvalue weighted by Gasteiger charge is 2.44. The van der Waals surface area contributed by atoms with Crippen molar-refractivity contribution in [3.8, 4) is 0 Å². The van der Waals surface area contributed by atoms with Gasteiger partial charge in [-0.1, -0.05) is 26.8 Å². The van der Waals surface area contributed by atoms with Gasteiger partial charge in [0.2, 0.25) is 0 Å². The number of carbonyl (C=O) groups is 1. The van der Waals surface area contributed by atoms with Crippen LogP contribution in [0, 0.1) is 0 Å². The smallest absolute Gasteiger partial charge is 0.337 e. The van der Waals surface area contributed by atoms with Crippen LogP contribution in [0.15, 0.2) is 18.2 Å². The first-order chi connectivity index (χ1) is 9.24. The number of rotatable bonds is 2. The Hall–Kier alpha value is -1.84. The molecular weight excluding hydrogens is 252 g/mol. The Morgan fingerprint density at radius 2 is 2.00 bits per heavy atom. The first kappa shape index (κ1) is 13.2. The summed E-state index contributed by atoms with van der Waals surface area (Å²) >= 11 is 0. The lowest BCUT2D eigenvalue weighted by molar-refractivity contribution is 0.0698. The molecule has 4 heteroatoms. The number of para-hydroxylation sites is 1. The van der Waals surface area contributed by atoms with E-state index in [0.717, 1.165) is 29.7 Å². The summed E-state index contributed by atoms with van der Waals surface area (Å²) in [6.45, 7) is 8.55. The molecule has 1 fully saturated rings. The Morgan fingerprint density at radius 3 is 2.50 bits per heavy atom. The van der Waals surface area contributed by atoms with Crippen molar-refractivity contribution in [2.45, 2.75) is 51.5 Å². The zero-order valence-corrected chi connectivity index (χ0v) is 12.4. The maximum absolute atomic E-state index is 11.5. The lowest BCUT2D eigenvalue weighted by Crippen LogP contribution is -2.25. The predicted octanol–water partition coefficient (Wildman–Crippen LogP) is 3.54. The zero-order chi connectivity index (χ0) is 14.7. The SMILES string of the molecule is CC(C)(C)c1nc2cccc(C(=O)O)c2n1C1(C)CC1. The van der Waals surface area contributed by atoms with Crippen molar-refractivity contribution in [2.75, 3.05) is 0 Å². The molecule has 1 saturated carbocycles. The van der Waals surface area contributed by atoms with E-state index in [2.05, 4.69) is 32.3 Å². The van der Waals surface area contributed by atoms with Crippen LogP contribution in [0.1, 0.15) is 56.7 Å². The molecule has 4 nitrogen and oxygen atoms in total. The van der Waals surface area contributed by atoms with E-state index in [9.17, 15) is 9.90 Å². The topological polar surface area (TPSA) is 55.1 Å². The van der Waals surface area contributed by atoms with Crippen LogP contribution in [0.4, 0.5) is 0 Å². The van der Waals surface area contributed by atoms with Crippen molar-refractivity contribution >= 4 is 17.0 Å². The maximum atomic E-state index is 11.5. The molecule has 0 saturated heterocycles.